The van der Waals surface area contributed by atoms with Crippen LogP contribution in [0, 0.1) is 41.4 Å². The highest BCUT2D eigenvalue weighted by Gasteiger charge is 2.66. The van der Waals surface area contributed by atoms with Crippen LogP contribution in [-0.4, -0.2) is 152 Å². The molecule has 1 heterocycles. The molecule has 1 aliphatic heterocycles. The van der Waals surface area contributed by atoms with Crippen LogP contribution in [0.2, 0.25) is 0 Å². The third-order valence-corrected chi connectivity index (χ3v) is 28.4. The van der Waals surface area contributed by atoms with Gasteiger partial charge < -0.3 is 74.7 Å². The van der Waals surface area contributed by atoms with Crippen LogP contribution in [-0.2, 0) is 116 Å². The first kappa shape index (κ1) is 103. The Bertz CT molecular complexity index is 5720. The van der Waals surface area contributed by atoms with Gasteiger partial charge in [0.2, 0.25) is 17.7 Å². The van der Waals surface area contributed by atoms with E-state index in [4.69, 9.17) is 43.0 Å². The number of esters is 3. The number of fused-ring (bicyclic) bond motifs is 3. The summed E-state index contributed by atoms with van der Waals surface area (Å²) >= 11 is 0. The number of hydrogen-bond acceptors (Lipinski definition) is 19. The summed E-state index contributed by atoms with van der Waals surface area (Å²) in [7, 11) is 1.94. The van der Waals surface area contributed by atoms with E-state index in [2.05, 4.69) is 112 Å². The topological polar surface area (TPSA) is 348 Å². The van der Waals surface area contributed by atoms with Crippen molar-refractivity contribution in [3.63, 3.8) is 0 Å². The van der Waals surface area contributed by atoms with E-state index >= 15 is 0 Å². The number of alkyl carbamates (subject to hydrolysis) is 2. The monoisotopic (exact) mass is 1890 g/mol. The van der Waals surface area contributed by atoms with Crippen molar-refractivity contribution in [1.29, 1.82) is 0 Å². The molecule has 0 spiro atoms. The number of carbonyl (C=O) groups is 10. The van der Waals surface area contributed by atoms with Crippen LogP contribution in [0.4, 0.5) is 9.59 Å². The molecule has 5 amide bonds. The Balaban J connectivity index is 0.000000149. The van der Waals surface area contributed by atoms with Crippen molar-refractivity contribution in [1.82, 2.24) is 31.5 Å². The molecule has 736 valence electrons. The van der Waals surface area contributed by atoms with Gasteiger partial charge in [-0.15, -0.1) is 0 Å². The van der Waals surface area contributed by atoms with E-state index in [9.17, 15) is 53.1 Å². The van der Waals surface area contributed by atoms with E-state index in [0.29, 0.717) is 77.7 Å². The number of carboxylic acid groups (broad SMARTS) is 2. The molecule has 26 heteroatoms. The highest BCUT2D eigenvalue weighted by molar-refractivity contribution is 5.96. The lowest BCUT2D eigenvalue weighted by Crippen LogP contribution is -2.51. The molecule has 8 fully saturated rings. The fourth-order valence-electron chi connectivity index (χ4n) is 19.8. The zero-order valence-electron chi connectivity index (χ0n) is 81.8. The number of likely N-dealkylation sites (N-methyl/N-ethyl adjacent to an activating group) is 1. The molecule has 17 rings (SSSR count). The van der Waals surface area contributed by atoms with E-state index in [1.165, 1.54) is 37.9 Å². The smallest absolute Gasteiger partial charge is 0.408 e. The number of ether oxygens (including phenoxy) is 8. The van der Waals surface area contributed by atoms with Crippen molar-refractivity contribution in [2.75, 3.05) is 13.6 Å². The maximum Gasteiger partial charge on any atom is 0.408 e. The van der Waals surface area contributed by atoms with Crippen molar-refractivity contribution in [3.05, 3.63) is 252 Å². The molecule has 7 saturated carbocycles. The fraction of sp³-hybridized carbons (Fsp3) is 0.482. The van der Waals surface area contributed by atoms with Gasteiger partial charge in [0.1, 0.15) is 58.7 Å². The summed E-state index contributed by atoms with van der Waals surface area (Å²) in [6.45, 7) is 23.4. The lowest BCUT2D eigenvalue weighted by Gasteiger charge is -2.23. The van der Waals surface area contributed by atoms with Gasteiger partial charge in [-0.1, -0.05) is 285 Å². The molecule has 16 atom stereocenters. The lowest BCUT2D eigenvalue weighted by atomic mass is 10.0. The molecule has 0 aromatic heterocycles. The molecule has 4 unspecified atom stereocenters. The summed E-state index contributed by atoms with van der Waals surface area (Å²) in [5, 5.41) is 40.0. The summed E-state index contributed by atoms with van der Waals surface area (Å²) in [5.74, 6) is -3.13. The molecule has 7 aliphatic carbocycles. The summed E-state index contributed by atoms with van der Waals surface area (Å²) in [6, 6.07) is 72.0. The number of benzene rings is 9. The predicted octanol–water partition coefficient (Wildman–Crippen LogP) is 19.1. The second-order valence-corrected chi connectivity index (χ2v) is 40.3. The Morgan fingerprint density at radius 1 is 0.333 bits per heavy atom. The molecule has 8 aliphatic rings. The van der Waals surface area contributed by atoms with E-state index in [1.54, 1.807) is 41.5 Å². The molecular formula is C112H138N6O20. The minimum atomic E-state index is -1.10. The molecule has 1 saturated heterocycles. The Kier molecular flexibility index (Phi) is 34.2. The maximum absolute atomic E-state index is 13.3. The molecule has 26 nitrogen and oxygen atoms in total. The highest BCUT2D eigenvalue weighted by atomic mass is 16.6. The average Bonchev–Trinajstić information content (AvgIpc) is 1.60. The maximum atomic E-state index is 13.3. The Morgan fingerprint density at radius 3 is 0.942 bits per heavy atom. The number of carboxylic acids is 2. The zero-order valence-corrected chi connectivity index (χ0v) is 81.8. The van der Waals surface area contributed by atoms with Gasteiger partial charge in [0.05, 0.1) is 44.2 Å². The lowest BCUT2D eigenvalue weighted by molar-refractivity contribution is -0.152. The van der Waals surface area contributed by atoms with Crippen molar-refractivity contribution in [2.24, 2.45) is 41.4 Å². The van der Waals surface area contributed by atoms with E-state index in [1.807, 2.05) is 179 Å². The molecular weight excluding hydrogens is 1750 g/mol. The molecule has 7 N–H and O–H groups in total. The van der Waals surface area contributed by atoms with Crippen LogP contribution in [0.5, 0.6) is 0 Å². The van der Waals surface area contributed by atoms with Crippen LogP contribution in [0.25, 0.3) is 32.3 Å². The standard InChI is InChI=1S/C30H34N2O4.C30H33NO4.C23H27NO4.C18H25NO4.C11H19NO4/c1-3-24-17-30(24,29(34)36-19-21-10-5-4-6-11-21)31-28(33)27-16-25(18-32(27)2)35-20-23-14-9-13-22-12-7-8-15-26(22)23;1-2-25-18-30(25,29(33)35-19-21-9-4-3-5-10-21)31-28(32)23-15-16-26(17-23)34-20-24-13-8-12-22-11-6-7-14-27(22)24;1-2-18-13-23(18,22(26)27)24-21(25)16-10-11-19(12-16)28-14-17-8-5-7-15-6-3-4-9-20(15)17;1-5-14-11-18(14,19-16(21)23-17(2,3)4)15(20)22-12-13-9-7-6-8-10-13;1-5-7-6-11(7,8(13)14)12-9(15)16-10(2,3)4/h4-15,24-25,27H,3,16-20H2,1-2H3,(H,31,33);3-14,23,25-26H,2,15-20H2,1H3,(H,31,32);3-9,16,18-19H,2,10-14H2,1H3,(H,24,25)(H,26,27);6-10,14H,5,11-12H2,1-4H3,(H,19,21);7H,5-6H2,1-4H3,(H,12,15)(H,13,14)/t24-,25+,27-,30+;23-,25-,26-,30+;16-,18-,19-,23+;;/m000../s1. The highest BCUT2D eigenvalue weighted by Crippen LogP contribution is 2.52. The van der Waals surface area contributed by atoms with Crippen LogP contribution in [0.1, 0.15) is 219 Å². The average molecular weight is 1890 g/mol. The van der Waals surface area contributed by atoms with E-state index < -0.39 is 63.0 Å². The first-order valence-electron chi connectivity index (χ1n) is 49.1. The summed E-state index contributed by atoms with van der Waals surface area (Å²) in [5.41, 5.74) is 0.188. The van der Waals surface area contributed by atoms with Crippen molar-refractivity contribution >= 4 is 92.1 Å². The van der Waals surface area contributed by atoms with Crippen molar-refractivity contribution < 1.29 is 96.1 Å². The zero-order chi connectivity index (χ0) is 98.7. The van der Waals surface area contributed by atoms with Gasteiger partial charge in [-0.25, -0.2) is 33.6 Å². The van der Waals surface area contributed by atoms with Gasteiger partial charge in [0.25, 0.3) is 0 Å². The number of nitrogens with one attached hydrogen (secondary N) is 5. The van der Waals surface area contributed by atoms with Crippen LogP contribution < -0.4 is 26.6 Å². The van der Waals surface area contributed by atoms with Gasteiger partial charge in [-0.05, 0) is 221 Å². The van der Waals surface area contributed by atoms with Gasteiger partial charge in [0.15, 0.2) is 0 Å². The first-order chi connectivity index (χ1) is 66.1. The normalized spacial score (nSPS) is 26.1. The number of likely N-dealkylation sites (tertiary alicyclic amines) is 1. The third kappa shape index (κ3) is 26.3. The first-order valence-corrected chi connectivity index (χ1v) is 49.1. The van der Waals surface area contributed by atoms with Gasteiger partial charge in [-0.3, -0.25) is 19.3 Å². The number of amides is 5. The Morgan fingerprint density at radius 2 is 0.616 bits per heavy atom. The molecule has 9 aromatic rings. The van der Waals surface area contributed by atoms with Crippen molar-refractivity contribution in [3.8, 4) is 0 Å². The van der Waals surface area contributed by atoms with E-state index in [0.717, 1.165) is 85.6 Å². The summed E-state index contributed by atoms with van der Waals surface area (Å²) < 4.78 is 45.6. The molecule has 0 radical (unpaired) electrons. The third-order valence-electron chi connectivity index (χ3n) is 28.4. The van der Waals surface area contributed by atoms with E-state index in [-0.39, 0.29) is 121 Å². The largest absolute Gasteiger partial charge is 0.479 e. The number of aliphatic carboxylic acids is 2. The number of carbonyl (C=O) groups excluding carboxylic acids is 8. The minimum Gasteiger partial charge on any atom is -0.479 e. The second kappa shape index (κ2) is 45.7. The molecule has 138 heavy (non-hydrogen) atoms. The Hall–Kier alpha value is -12.1. The Labute approximate surface area is 810 Å². The number of nitrogens with zero attached hydrogens (tertiary/aromatic N) is 1. The quantitative estimate of drug-likeness (QED) is 0.0148. The van der Waals surface area contributed by atoms with Gasteiger partial charge in [0, 0.05) is 18.4 Å². The minimum absolute atomic E-state index is 0.0116. The van der Waals surface area contributed by atoms with Crippen LogP contribution in [0.3, 0.4) is 0 Å². The summed E-state index contributed by atoms with van der Waals surface area (Å²) in [4.78, 5) is 126. The molecule has 9 aromatic carbocycles. The number of hydrogen-bond donors (Lipinski definition) is 7. The van der Waals surface area contributed by atoms with Crippen molar-refractivity contribution in [2.45, 2.75) is 288 Å². The molecule has 0 bridgehead atoms. The van der Waals surface area contributed by atoms with Gasteiger partial charge in [-0.2, -0.15) is 0 Å². The van der Waals surface area contributed by atoms with Crippen LogP contribution >= 0.6 is 0 Å². The fourth-order valence-corrected chi connectivity index (χ4v) is 19.8. The predicted molar refractivity (Wildman–Crippen MR) is 526 cm³/mol. The SMILES string of the molecule is CCC1CC1(NC(=O)OC(C)(C)C)C(=O)O.CCC1CC1(NC(=O)OC(C)(C)C)C(=O)OCc1ccccc1.CC[C@H]1C[C@]1(NC(=O)[C@@H]1C[C@@H](OCc2cccc3ccccc23)CN1C)C(=O)OCc1ccccc1.CC[C@H]1C[C@]1(NC(=O)[C@H]1CC[C@H](OCc2cccc3ccccc23)C1)C(=O)O.CC[C@H]1C[C@]1(NC(=O)[C@H]1CC[C@H](OCc2cccc3ccccc23)C1)C(=O)OCc1ccccc1. The summed E-state index contributed by atoms with van der Waals surface area (Å²) in [6.07, 6.45) is 10.8. The second-order valence-electron chi connectivity index (χ2n) is 40.3. The van der Waals surface area contributed by atoms with Gasteiger partial charge >= 0.3 is 42.0 Å². The van der Waals surface area contributed by atoms with Crippen LogP contribution in [0.15, 0.2) is 218 Å². The number of rotatable bonds is 33.